The first-order valence-corrected chi connectivity index (χ1v) is 16.1. The van der Waals surface area contributed by atoms with Gasteiger partial charge in [0, 0.05) is 46.4 Å². The number of rotatable bonds is 14. The molecule has 1 saturated heterocycles. The Hall–Kier alpha value is -2.95. The third kappa shape index (κ3) is 10.0. The molecule has 1 unspecified atom stereocenters. The number of piperidine rings is 1. The Labute approximate surface area is 263 Å². The van der Waals surface area contributed by atoms with E-state index in [0.717, 1.165) is 50.0 Å². The average molecular weight is 630 g/mol. The van der Waals surface area contributed by atoms with E-state index in [0.29, 0.717) is 24.6 Å². The molecule has 8 nitrogen and oxygen atoms in total. The van der Waals surface area contributed by atoms with Crippen molar-refractivity contribution in [1.82, 2.24) is 14.1 Å². The van der Waals surface area contributed by atoms with Crippen LogP contribution in [0.4, 0.5) is 4.79 Å². The van der Waals surface area contributed by atoms with Gasteiger partial charge < -0.3 is 19.3 Å². The van der Waals surface area contributed by atoms with E-state index in [-0.39, 0.29) is 37.1 Å². The van der Waals surface area contributed by atoms with E-state index < -0.39 is 10.0 Å². The lowest BCUT2D eigenvalue weighted by Gasteiger charge is -2.38. The van der Waals surface area contributed by atoms with Crippen molar-refractivity contribution in [3.8, 4) is 0 Å². The molecule has 0 spiro atoms. The molecule has 1 atom stereocenters. The fourth-order valence-corrected chi connectivity index (χ4v) is 6.71. The molecule has 3 aromatic rings. The van der Waals surface area contributed by atoms with Gasteiger partial charge in [-0.05, 0) is 55.0 Å². The van der Waals surface area contributed by atoms with Crippen molar-refractivity contribution in [2.24, 2.45) is 0 Å². The van der Waals surface area contributed by atoms with Gasteiger partial charge in [-0.2, -0.15) is 0 Å². The fourth-order valence-electron chi connectivity index (χ4n) is 5.48. The summed E-state index contributed by atoms with van der Waals surface area (Å²) in [6, 6.07) is 28.5. The smallest absolute Gasteiger partial charge is 0.410 e. The van der Waals surface area contributed by atoms with Crippen LogP contribution in [0, 0.1) is 0 Å². The summed E-state index contributed by atoms with van der Waals surface area (Å²) in [7, 11) is -0.278. The molecule has 0 aromatic heterocycles. The number of carbonyl (C=O) groups excluding carboxylic acids is 1. The van der Waals surface area contributed by atoms with E-state index in [2.05, 4.69) is 17.0 Å². The highest BCUT2D eigenvalue weighted by Gasteiger charge is 2.30. The number of halogens is 1. The van der Waals surface area contributed by atoms with Crippen LogP contribution in [0.3, 0.4) is 0 Å². The number of sulfonamides is 1. The maximum Gasteiger partial charge on any atom is 0.410 e. The molecule has 0 N–H and O–H groups in total. The minimum atomic E-state index is -3.58. The van der Waals surface area contributed by atoms with Crippen LogP contribution in [0.1, 0.15) is 36.3 Å². The molecule has 0 radical (unpaired) electrons. The van der Waals surface area contributed by atoms with Gasteiger partial charge in [-0.3, -0.25) is 0 Å². The van der Waals surface area contributed by atoms with Gasteiger partial charge in [0.05, 0.1) is 11.5 Å². The summed E-state index contributed by atoms with van der Waals surface area (Å²) in [5.74, 6) is 0.0542. The quantitative estimate of drug-likeness (QED) is 0.229. The first-order chi connectivity index (χ1) is 20.4. The zero-order valence-electron chi connectivity index (χ0n) is 25.1. The summed E-state index contributed by atoms with van der Waals surface area (Å²) >= 11 is 0. The number of nitrogens with zero attached hydrogens (tertiary/aromatic N) is 3. The molecule has 0 aliphatic carbocycles. The average Bonchev–Trinajstić information content (AvgIpc) is 3.04. The normalized spacial score (nSPS) is 15.0. The number of amides is 1. The number of benzene rings is 3. The molecular formula is C33H44ClN3O5S. The number of hydrogen-bond acceptors (Lipinski definition) is 6. The van der Waals surface area contributed by atoms with Crippen LogP contribution in [0.5, 0.6) is 0 Å². The molecule has 1 amide bonds. The first-order valence-electron chi connectivity index (χ1n) is 14.6. The second kappa shape index (κ2) is 17.4. The summed E-state index contributed by atoms with van der Waals surface area (Å²) in [6.45, 7) is 4.17. The number of methoxy groups -OCH3 is 1. The third-order valence-electron chi connectivity index (χ3n) is 7.97. The van der Waals surface area contributed by atoms with E-state index in [4.69, 9.17) is 9.47 Å². The monoisotopic (exact) mass is 629 g/mol. The number of likely N-dealkylation sites (tertiary alicyclic amines) is 1. The molecule has 43 heavy (non-hydrogen) atoms. The maximum absolute atomic E-state index is 13.2. The molecule has 3 aromatic carbocycles. The molecule has 0 bridgehead atoms. The Bertz CT molecular complexity index is 1320. The topological polar surface area (TPSA) is 79.4 Å². The van der Waals surface area contributed by atoms with Crippen LogP contribution in [0.15, 0.2) is 95.9 Å². The van der Waals surface area contributed by atoms with Crippen LogP contribution in [-0.2, 0) is 26.1 Å². The Balaban J connectivity index is 0.00000506. The van der Waals surface area contributed by atoms with Crippen molar-refractivity contribution < 1.29 is 22.7 Å². The van der Waals surface area contributed by atoms with Crippen LogP contribution >= 0.6 is 12.4 Å². The van der Waals surface area contributed by atoms with Crippen molar-refractivity contribution in [3.63, 3.8) is 0 Å². The van der Waals surface area contributed by atoms with Crippen molar-refractivity contribution in [2.45, 2.75) is 42.7 Å². The van der Waals surface area contributed by atoms with E-state index in [1.165, 1.54) is 4.31 Å². The minimum Gasteiger partial charge on any atom is -0.445 e. The molecular weight excluding hydrogens is 586 g/mol. The number of hydrogen-bond donors (Lipinski definition) is 0. The highest BCUT2D eigenvalue weighted by molar-refractivity contribution is 7.89. The SMILES string of the molecule is COCCN(C(=O)OCc1ccccc1)C1CCN(CCC(CN(C)S(=O)(=O)c2ccccc2)c2ccccc2)CC1.Cl. The van der Waals surface area contributed by atoms with E-state index in [1.54, 1.807) is 38.4 Å². The largest absolute Gasteiger partial charge is 0.445 e. The lowest BCUT2D eigenvalue weighted by molar-refractivity contribution is 0.0470. The van der Waals surface area contributed by atoms with E-state index in [9.17, 15) is 13.2 Å². The number of ether oxygens (including phenoxy) is 2. The maximum atomic E-state index is 13.2. The van der Waals surface area contributed by atoms with Crippen molar-refractivity contribution in [3.05, 3.63) is 102 Å². The molecule has 1 aliphatic rings. The summed E-state index contributed by atoms with van der Waals surface area (Å²) in [6.07, 6.45) is 2.22. The molecule has 1 aliphatic heterocycles. The van der Waals surface area contributed by atoms with Crippen LogP contribution in [0.2, 0.25) is 0 Å². The highest BCUT2D eigenvalue weighted by Crippen LogP contribution is 2.26. The van der Waals surface area contributed by atoms with Gasteiger partial charge in [0.1, 0.15) is 6.61 Å². The number of carbonyl (C=O) groups is 1. The van der Waals surface area contributed by atoms with Gasteiger partial charge in [0.2, 0.25) is 10.0 Å². The van der Waals surface area contributed by atoms with Gasteiger partial charge in [-0.1, -0.05) is 78.9 Å². The molecule has 1 heterocycles. The Morgan fingerprint density at radius 1 is 0.930 bits per heavy atom. The Morgan fingerprint density at radius 3 is 2.12 bits per heavy atom. The molecule has 10 heteroatoms. The van der Waals surface area contributed by atoms with Crippen molar-refractivity contribution in [2.75, 3.05) is 53.5 Å². The van der Waals surface area contributed by atoms with E-state index >= 15 is 0 Å². The van der Waals surface area contributed by atoms with Crippen LogP contribution in [-0.4, -0.2) is 88.1 Å². The van der Waals surface area contributed by atoms with Crippen molar-refractivity contribution >= 4 is 28.5 Å². The zero-order valence-corrected chi connectivity index (χ0v) is 26.7. The summed E-state index contributed by atoms with van der Waals surface area (Å²) in [5.41, 5.74) is 2.09. The first kappa shape index (κ1) is 34.5. The lowest BCUT2D eigenvalue weighted by atomic mass is 9.94. The minimum absolute atomic E-state index is 0. The fraction of sp³-hybridized carbons (Fsp3) is 0.424. The van der Waals surface area contributed by atoms with Gasteiger partial charge in [0.15, 0.2) is 0 Å². The van der Waals surface area contributed by atoms with Gasteiger partial charge in [-0.15, -0.1) is 12.4 Å². The molecule has 234 valence electrons. The summed E-state index contributed by atoms with van der Waals surface area (Å²) in [4.78, 5) is 17.6. The third-order valence-corrected chi connectivity index (χ3v) is 9.81. The molecule has 4 rings (SSSR count). The Morgan fingerprint density at radius 2 is 1.51 bits per heavy atom. The van der Waals surface area contributed by atoms with Crippen LogP contribution in [0.25, 0.3) is 0 Å². The van der Waals surface area contributed by atoms with Crippen LogP contribution < -0.4 is 0 Å². The highest BCUT2D eigenvalue weighted by atomic mass is 35.5. The number of likely N-dealkylation sites (N-methyl/N-ethyl adjacent to an activating group) is 1. The zero-order chi connectivity index (χ0) is 29.8. The predicted molar refractivity (Wildman–Crippen MR) is 172 cm³/mol. The molecule has 0 saturated carbocycles. The predicted octanol–water partition coefficient (Wildman–Crippen LogP) is 5.65. The van der Waals surface area contributed by atoms with Gasteiger partial charge in [0.25, 0.3) is 0 Å². The van der Waals surface area contributed by atoms with Gasteiger partial charge >= 0.3 is 6.09 Å². The van der Waals surface area contributed by atoms with Gasteiger partial charge in [-0.25, -0.2) is 17.5 Å². The standard InChI is InChI=1S/C33H43N3O5S.ClH/c1-34(42(38,39)32-16-10-5-11-17-32)26-30(29-14-8-4-9-15-29)18-21-35-22-19-31(20-23-35)36(24-25-40-2)33(37)41-27-28-12-6-3-7-13-28;/h3-17,30-31H,18-27H2,1-2H3;1H. The summed E-state index contributed by atoms with van der Waals surface area (Å²) < 4.78 is 38.9. The Kier molecular flexibility index (Phi) is 14.0. The van der Waals surface area contributed by atoms with E-state index in [1.807, 2.05) is 59.5 Å². The van der Waals surface area contributed by atoms with Crippen molar-refractivity contribution in [1.29, 1.82) is 0 Å². The second-order valence-electron chi connectivity index (χ2n) is 10.8. The summed E-state index contributed by atoms with van der Waals surface area (Å²) in [5, 5.41) is 0. The second-order valence-corrected chi connectivity index (χ2v) is 12.8. The molecule has 1 fully saturated rings. The lowest BCUT2D eigenvalue weighted by Crippen LogP contribution is -2.49.